The van der Waals surface area contributed by atoms with Gasteiger partial charge in [0, 0.05) is 29.3 Å². The maximum absolute atomic E-state index is 12.8. The molecule has 3 aromatic heterocycles. The van der Waals surface area contributed by atoms with E-state index < -0.39 is 4.92 Å². The fourth-order valence-electron chi connectivity index (χ4n) is 3.15. The summed E-state index contributed by atoms with van der Waals surface area (Å²) in [6, 6.07) is 17.4. The Morgan fingerprint density at radius 3 is 2.65 bits per heavy atom. The average molecular weight is 430 g/mol. The van der Waals surface area contributed by atoms with Crippen molar-refractivity contribution in [3.8, 4) is 22.7 Å². The van der Waals surface area contributed by atoms with Gasteiger partial charge in [-0.1, -0.05) is 53.3 Å². The van der Waals surface area contributed by atoms with Crippen LogP contribution in [0.1, 0.15) is 11.3 Å². The van der Waals surface area contributed by atoms with Crippen molar-refractivity contribution < 1.29 is 9.34 Å². The van der Waals surface area contributed by atoms with Crippen LogP contribution in [-0.4, -0.2) is 19.5 Å². The van der Waals surface area contributed by atoms with Crippen molar-refractivity contribution in [1.29, 1.82) is 0 Å². The number of furan rings is 1. The van der Waals surface area contributed by atoms with E-state index in [1.165, 1.54) is 28.0 Å². The Hall–Kier alpha value is -4.11. The van der Waals surface area contributed by atoms with Crippen molar-refractivity contribution >= 4 is 28.1 Å². The van der Waals surface area contributed by atoms with E-state index in [1.807, 2.05) is 31.2 Å². The first-order valence-electron chi connectivity index (χ1n) is 9.31. The zero-order chi connectivity index (χ0) is 21.5. The maximum Gasteiger partial charge on any atom is 0.291 e. The molecule has 8 nitrogen and oxygen atoms in total. The summed E-state index contributed by atoms with van der Waals surface area (Å²) in [7, 11) is 0. The Bertz CT molecular complexity index is 1550. The van der Waals surface area contributed by atoms with Crippen LogP contribution in [0.4, 0.5) is 5.69 Å². The fourth-order valence-corrected chi connectivity index (χ4v) is 4.03. The average Bonchev–Trinajstić information content (AvgIpc) is 3.47. The van der Waals surface area contributed by atoms with Crippen LogP contribution in [0, 0.1) is 17.0 Å². The Morgan fingerprint density at radius 1 is 1.10 bits per heavy atom. The summed E-state index contributed by atoms with van der Waals surface area (Å²) in [6.07, 6.45) is 1.62. The summed E-state index contributed by atoms with van der Waals surface area (Å²) in [5.41, 5.74) is 2.27. The number of nitro groups is 1. The first-order valence-corrected chi connectivity index (χ1v) is 10.1. The highest BCUT2D eigenvalue weighted by atomic mass is 32.1. The third-order valence-corrected chi connectivity index (χ3v) is 5.69. The molecule has 0 radical (unpaired) electrons. The van der Waals surface area contributed by atoms with E-state index in [0.717, 1.165) is 11.1 Å². The zero-order valence-corrected chi connectivity index (χ0v) is 17.0. The van der Waals surface area contributed by atoms with Gasteiger partial charge in [0.25, 0.3) is 11.2 Å². The molecule has 0 aliphatic carbocycles. The van der Waals surface area contributed by atoms with E-state index in [4.69, 9.17) is 4.42 Å². The zero-order valence-electron chi connectivity index (χ0n) is 16.2. The van der Waals surface area contributed by atoms with E-state index in [-0.39, 0.29) is 11.2 Å². The Balaban J connectivity index is 1.49. The number of hydrogen-bond acceptors (Lipinski definition) is 7. The molecule has 0 saturated carbocycles. The lowest BCUT2D eigenvalue weighted by Crippen LogP contribution is -2.23. The van der Waals surface area contributed by atoms with Gasteiger partial charge in [-0.2, -0.15) is 9.50 Å². The SMILES string of the molecule is Cc1ccc(-c2nc3s/c(=C\c4ccc(-c5cccc([N+](=O)[O-])c5)o4)c(=O)n3n2)cc1. The molecule has 31 heavy (non-hydrogen) atoms. The highest BCUT2D eigenvalue weighted by Gasteiger charge is 2.13. The van der Waals surface area contributed by atoms with Gasteiger partial charge in [0.15, 0.2) is 5.82 Å². The molecule has 0 bridgehead atoms. The number of rotatable bonds is 4. The van der Waals surface area contributed by atoms with Gasteiger partial charge in [-0.15, -0.1) is 5.10 Å². The maximum atomic E-state index is 12.8. The minimum absolute atomic E-state index is 0.0174. The van der Waals surface area contributed by atoms with Crippen molar-refractivity contribution in [2.24, 2.45) is 0 Å². The normalized spacial score (nSPS) is 12.0. The molecule has 0 amide bonds. The van der Waals surface area contributed by atoms with Gasteiger partial charge >= 0.3 is 0 Å². The van der Waals surface area contributed by atoms with Gasteiger partial charge in [-0.3, -0.25) is 14.9 Å². The second-order valence-corrected chi connectivity index (χ2v) is 7.93. The molecule has 0 saturated heterocycles. The van der Waals surface area contributed by atoms with Crippen molar-refractivity contribution in [1.82, 2.24) is 14.6 Å². The molecule has 0 atom stereocenters. The number of aromatic nitrogens is 3. The molecule has 0 aliphatic heterocycles. The number of fused-ring (bicyclic) bond motifs is 1. The number of nitro benzene ring substituents is 1. The highest BCUT2D eigenvalue weighted by Crippen LogP contribution is 2.26. The fraction of sp³-hybridized carbons (Fsp3) is 0.0455. The second kappa shape index (κ2) is 7.29. The molecule has 0 unspecified atom stereocenters. The number of benzene rings is 2. The highest BCUT2D eigenvalue weighted by molar-refractivity contribution is 7.15. The third kappa shape index (κ3) is 3.51. The molecule has 2 aromatic carbocycles. The van der Waals surface area contributed by atoms with Crippen LogP contribution in [-0.2, 0) is 0 Å². The standard InChI is InChI=1S/C22H14N4O4S/c1-13-5-7-14(8-6-13)20-23-22-25(24-20)21(27)19(31-22)12-17-9-10-18(30-17)15-3-2-4-16(11-15)26(28)29/h2-12H,1H3/b19-12-. The lowest BCUT2D eigenvalue weighted by Gasteiger charge is -1.96. The molecule has 0 spiro atoms. The van der Waals surface area contributed by atoms with Gasteiger partial charge in [-0.25, -0.2) is 0 Å². The Labute approximate surface area is 178 Å². The second-order valence-electron chi connectivity index (χ2n) is 6.92. The summed E-state index contributed by atoms with van der Waals surface area (Å²) in [5, 5.41) is 15.3. The largest absolute Gasteiger partial charge is 0.457 e. The predicted molar refractivity (Wildman–Crippen MR) is 117 cm³/mol. The van der Waals surface area contributed by atoms with E-state index in [0.29, 0.717) is 32.4 Å². The van der Waals surface area contributed by atoms with Gasteiger partial charge in [0.2, 0.25) is 4.96 Å². The Kier molecular flexibility index (Phi) is 4.45. The van der Waals surface area contributed by atoms with E-state index >= 15 is 0 Å². The predicted octanol–water partition coefficient (Wildman–Crippen LogP) is 3.84. The summed E-state index contributed by atoms with van der Waals surface area (Å²) < 4.78 is 7.50. The molecule has 0 N–H and O–H groups in total. The minimum Gasteiger partial charge on any atom is -0.457 e. The quantitative estimate of drug-likeness (QED) is 0.317. The van der Waals surface area contributed by atoms with Crippen LogP contribution < -0.4 is 10.1 Å². The molecule has 0 aliphatic rings. The molecular formula is C22H14N4O4S. The number of thiazole rings is 1. The van der Waals surface area contributed by atoms with E-state index in [1.54, 1.807) is 30.3 Å². The van der Waals surface area contributed by atoms with Crippen LogP contribution in [0.25, 0.3) is 33.7 Å². The summed E-state index contributed by atoms with van der Waals surface area (Å²) in [6.45, 7) is 2.00. The van der Waals surface area contributed by atoms with Crippen molar-refractivity contribution in [3.63, 3.8) is 0 Å². The lowest BCUT2D eigenvalue weighted by molar-refractivity contribution is -0.384. The minimum atomic E-state index is -0.456. The van der Waals surface area contributed by atoms with Crippen LogP contribution in [0.5, 0.6) is 0 Å². The van der Waals surface area contributed by atoms with Crippen LogP contribution in [0.2, 0.25) is 0 Å². The van der Waals surface area contributed by atoms with Crippen molar-refractivity contribution in [2.45, 2.75) is 6.92 Å². The molecule has 152 valence electrons. The molecule has 9 heteroatoms. The number of non-ortho nitro benzene ring substituents is 1. The van der Waals surface area contributed by atoms with Crippen LogP contribution >= 0.6 is 11.3 Å². The smallest absolute Gasteiger partial charge is 0.291 e. The molecular weight excluding hydrogens is 416 g/mol. The van der Waals surface area contributed by atoms with Crippen molar-refractivity contribution in [2.75, 3.05) is 0 Å². The van der Waals surface area contributed by atoms with Crippen LogP contribution in [0.15, 0.2) is 69.9 Å². The van der Waals surface area contributed by atoms with Crippen LogP contribution in [0.3, 0.4) is 0 Å². The van der Waals surface area contributed by atoms with Crippen molar-refractivity contribution in [3.05, 3.63) is 97.0 Å². The molecule has 5 aromatic rings. The monoisotopic (exact) mass is 430 g/mol. The first-order chi connectivity index (χ1) is 15.0. The van der Waals surface area contributed by atoms with E-state index in [2.05, 4.69) is 10.1 Å². The first kappa shape index (κ1) is 18.9. The topological polar surface area (TPSA) is 104 Å². The van der Waals surface area contributed by atoms with E-state index in [9.17, 15) is 14.9 Å². The third-order valence-electron chi connectivity index (χ3n) is 4.73. The number of aryl methyl sites for hydroxylation is 1. The molecule has 3 heterocycles. The Morgan fingerprint density at radius 2 is 1.90 bits per heavy atom. The number of hydrogen-bond donors (Lipinski definition) is 0. The summed E-state index contributed by atoms with van der Waals surface area (Å²) >= 11 is 1.22. The molecule has 0 fully saturated rings. The summed E-state index contributed by atoms with van der Waals surface area (Å²) in [5.74, 6) is 1.44. The summed E-state index contributed by atoms with van der Waals surface area (Å²) in [4.78, 5) is 28.2. The van der Waals surface area contributed by atoms with Gasteiger partial charge in [0.05, 0.1) is 4.92 Å². The number of nitrogens with zero attached hydrogens (tertiary/aromatic N) is 4. The van der Waals surface area contributed by atoms with Gasteiger partial charge in [-0.05, 0) is 19.1 Å². The van der Waals surface area contributed by atoms with Gasteiger partial charge < -0.3 is 4.42 Å². The molecule has 5 rings (SSSR count). The van der Waals surface area contributed by atoms with Gasteiger partial charge in [0.1, 0.15) is 16.1 Å². The lowest BCUT2D eigenvalue weighted by atomic mass is 10.1.